The second-order valence-electron chi connectivity index (χ2n) is 7.15. The zero-order valence-electron chi connectivity index (χ0n) is 16.7. The lowest BCUT2D eigenvalue weighted by Gasteiger charge is -2.24. The summed E-state index contributed by atoms with van der Waals surface area (Å²) >= 11 is 0. The molecule has 0 bridgehead atoms. The maximum absolute atomic E-state index is 13.0. The number of carbonyl (C=O) groups is 3. The number of imide groups is 1. The van der Waals surface area contributed by atoms with E-state index < -0.39 is 28.9 Å². The van der Waals surface area contributed by atoms with Crippen molar-refractivity contribution in [3.8, 4) is 0 Å². The van der Waals surface area contributed by atoms with Gasteiger partial charge in [0.1, 0.15) is 12.1 Å². The summed E-state index contributed by atoms with van der Waals surface area (Å²) in [4.78, 5) is 51.2. The molecule has 3 rings (SSSR count). The van der Waals surface area contributed by atoms with Crippen LogP contribution in [0, 0.1) is 10.1 Å². The highest BCUT2D eigenvalue weighted by molar-refractivity contribution is 6.09. The van der Waals surface area contributed by atoms with Gasteiger partial charge in [-0.05, 0) is 25.0 Å². The molecule has 0 spiro atoms. The van der Waals surface area contributed by atoms with Crippen LogP contribution < -0.4 is 5.32 Å². The Balaban J connectivity index is 1.78. The molecule has 0 aliphatic carbocycles. The molecule has 4 amide bonds. The molecule has 0 aromatic heterocycles. The number of amides is 4. The minimum atomic E-state index is -1.49. The van der Waals surface area contributed by atoms with Gasteiger partial charge in [-0.25, -0.2) is 4.79 Å². The Morgan fingerprint density at radius 1 is 1.17 bits per heavy atom. The van der Waals surface area contributed by atoms with Gasteiger partial charge in [-0.3, -0.25) is 24.6 Å². The molecule has 0 radical (unpaired) electrons. The topological polar surface area (TPSA) is 113 Å². The van der Waals surface area contributed by atoms with Crippen LogP contribution in [0.15, 0.2) is 54.6 Å². The average molecular weight is 410 g/mol. The van der Waals surface area contributed by atoms with Gasteiger partial charge in [0.05, 0.1) is 4.92 Å². The molecule has 1 aliphatic rings. The molecule has 1 fully saturated rings. The van der Waals surface area contributed by atoms with Crippen molar-refractivity contribution in [3.05, 3.63) is 75.8 Å². The summed E-state index contributed by atoms with van der Waals surface area (Å²) in [5, 5.41) is 13.6. The summed E-state index contributed by atoms with van der Waals surface area (Å²) in [6.45, 7) is 3.66. The van der Waals surface area contributed by atoms with Crippen molar-refractivity contribution >= 4 is 23.5 Å². The normalized spacial score (nSPS) is 18.3. The second kappa shape index (κ2) is 8.32. The highest BCUT2D eigenvalue weighted by Crippen LogP contribution is 2.30. The van der Waals surface area contributed by atoms with Crippen molar-refractivity contribution in [2.75, 3.05) is 13.1 Å². The molecule has 1 aliphatic heterocycles. The third kappa shape index (κ3) is 4.00. The summed E-state index contributed by atoms with van der Waals surface area (Å²) in [5.41, 5.74) is -0.460. The Bertz CT molecular complexity index is 994. The third-order valence-electron chi connectivity index (χ3n) is 5.15. The molecule has 1 atom stereocenters. The number of hydrogen-bond donors (Lipinski definition) is 1. The van der Waals surface area contributed by atoms with Gasteiger partial charge in [0, 0.05) is 25.2 Å². The Labute approximate surface area is 173 Å². The van der Waals surface area contributed by atoms with Crippen molar-refractivity contribution in [2.24, 2.45) is 0 Å². The minimum absolute atomic E-state index is 0.190. The van der Waals surface area contributed by atoms with Crippen LogP contribution in [0.1, 0.15) is 25.0 Å². The fourth-order valence-electron chi connectivity index (χ4n) is 3.38. The molecule has 1 saturated heterocycles. The number of urea groups is 1. The second-order valence-corrected chi connectivity index (χ2v) is 7.15. The lowest BCUT2D eigenvalue weighted by Crippen LogP contribution is -2.44. The molecule has 1 heterocycles. The van der Waals surface area contributed by atoms with E-state index in [1.807, 2.05) is 37.3 Å². The Kier molecular flexibility index (Phi) is 5.81. The summed E-state index contributed by atoms with van der Waals surface area (Å²) in [5.74, 6) is -0.995. The van der Waals surface area contributed by atoms with E-state index in [1.165, 1.54) is 31.2 Å². The third-order valence-corrected chi connectivity index (χ3v) is 5.15. The van der Waals surface area contributed by atoms with E-state index in [2.05, 4.69) is 5.32 Å². The monoisotopic (exact) mass is 410 g/mol. The maximum Gasteiger partial charge on any atom is 0.325 e. The number of rotatable bonds is 7. The van der Waals surface area contributed by atoms with Crippen LogP contribution in [-0.2, 0) is 21.7 Å². The fourth-order valence-corrected chi connectivity index (χ4v) is 3.38. The van der Waals surface area contributed by atoms with Gasteiger partial charge in [0.25, 0.3) is 11.6 Å². The maximum atomic E-state index is 13.0. The van der Waals surface area contributed by atoms with E-state index in [9.17, 15) is 24.5 Å². The van der Waals surface area contributed by atoms with Crippen molar-refractivity contribution in [1.29, 1.82) is 0 Å². The van der Waals surface area contributed by atoms with Crippen molar-refractivity contribution < 1.29 is 19.3 Å². The lowest BCUT2D eigenvalue weighted by molar-refractivity contribution is -0.385. The van der Waals surface area contributed by atoms with Crippen molar-refractivity contribution in [1.82, 2.24) is 15.1 Å². The number of likely N-dealkylation sites (N-methyl/N-ethyl adjacent to an activating group) is 1. The quantitative estimate of drug-likeness (QED) is 0.428. The largest absolute Gasteiger partial charge is 0.337 e. The first-order valence-corrected chi connectivity index (χ1v) is 9.47. The zero-order valence-corrected chi connectivity index (χ0v) is 16.7. The highest BCUT2D eigenvalue weighted by Gasteiger charge is 2.50. The SMILES string of the molecule is CCN(Cc1ccccc1)C(=O)CN1C(=O)NC(C)(c2cccc([N+](=O)[O-])c2)C1=O. The van der Waals surface area contributed by atoms with Gasteiger partial charge < -0.3 is 10.2 Å². The molecule has 9 heteroatoms. The van der Waals surface area contributed by atoms with E-state index in [1.54, 1.807) is 4.90 Å². The minimum Gasteiger partial charge on any atom is -0.337 e. The standard InChI is InChI=1S/C21H22N4O5/c1-3-23(13-15-8-5-4-6-9-15)18(26)14-24-19(27)21(2,22-20(24)28)16-10-7-11-17(12-16)25(29)30/h4-12H,3,13-14H2,1-2H3,(H,22,28). The van der Waals surface area contributed by atoms with E-state index in [0.717, 1.165) is 10.5 Å². The molecular formula is C21H22N4O5. The van der Waals surface area contributed by atoms with E-state index in [4.69, 9.17) is 0 Å². The Morgan fingerprint density at radius 2 is 1.87 bits per heavy atom. The number of nitrogens with one attached hydrogen (secondary N) is 1. The first-order chi connectivity index (χ1) is 14.3. The van der Waals surface area contributed by atoms with Crippen LogP contribution in [0.4, 0.5) is 10.5 Å². The van der Waals surface area contributed by atoms with Gasteiger partial charge in [-0.2, -0.15) is 0 Å². The highest BCUT2D eigenvalue weighted by atomic mass is 16.6. The van der Waals surface area contributed by atoms with Crippen LogP contribution in [-0.4, -0.2) is 45.7 Å². The number of nitrogens with zero attached hydrogens (tertiary/aromatic N) is 3. The molecule has 2 aromatic rings. The Hall–Kier alpha value is -3.75. The van der Waals surface area contributed by atoms with Gasteiger partial charge >= 0.3 is 6.03 Å². The van der Waals surface area contributed by atoms with Gasteiger partial charge in [-0.1, -0.05) is 42.5 Å². The van der Waals surface area contributed by atoms with Crippen LogP contribution in [0.25, 0.3) is 0 Å². The van der Waals surface area contributed by atoms with Crippen molar-refractivity contribution in [2.45, 2.75) is 25.9 Å². The van der Waals surface area contributed by atoms with Crippen LogP contribution in [0.3, 0.4) is 0 Å². The molecule has 30 heavy (non-hydrogen) atoms. The summed E-state index contributed by atoms with van der Waals surface area (Å²) < 4.78 is 0. The number of carbonyl (C=O) groups excluding carboxylic acids is 3. The summed E-state index contributed by atoms with van der Waals surface area (Å²) in [7, 11) is 0. The molecule has 0 saturated carbocycles. The predicted molar refractivity (Wildman–Crippen MR) is 108 cm³/mol. The van der Waals surface area contributed by atoms with Crippen molar-refractivity contribution in [3.63, 3.8) is 0 Å². The number of non-ortho nitro benzene ring substituents is 1. The van der Waals surface area contributed by atoms with E-state index in [-0.39, 0.29) is 17.2 Å². The van der Waals surface area contributed by atoms with E-state index >= 15 is 0 Å². The summed E-state index contributed by atoms with van der Waals surface area (Å²) in [6, 6.07) is 14.2. The average Bonchev–Trinajstić information content (AvgIpc) is 2.96. The van der Waals surface area contributed by atoms with Crippen LogP contribution in [0.5, 0.6) is 0 Å². The van der Waals surface area contributed by atoms with Gasteiger partial charge in [-0.15, -0.1) is 0 Å². The molecule has 2 aromatic carbocycles. The zero-order chi connectivity index (χ0) is 21.9. The lowest BCUT2D eigenvalue weighted by atomic mass is 9.91. The number of nitro benzene ring substituents is 1. The first-order valence-electron chi connectivity index (χ1n) is 9.47. The first kappa shape index (κ1) is 21.0. The summed E-state index contributed by atoms with van der Waals surface area (Å²) in [6.07, 6.45) is 0. The number of benzene rings is 2. The predicted octanol–water partition coefficient (Wildman–Crippen LogP) is 2.41. The molecule has 1 unspecified atom stereocenters. The fraction of sp³-hybridized carbons (Fsp3) is 0.286. The number of nitro groups is 1. The van der Waals surface area contributed by atoms with Gasteiger partial charge in [0.15, 0.2) is 0 Å². The molecule has 9 nitrogen and oxygen atoms in total. The van der Waals surface area contributed by atoms with E-state index in [0.29, 0.717) is 13.1 Å². The van der Waals surface area contributed by atoms with Crippen LogP contribution >= 0.6 is 0 Å². The number of hydrogen-bond acceptors (Lipinski definition) is 5. The molecular weight excluding hydrogens is 388 g/mol. The van der Waals surface area contributed by atoms with Gasteiger partial charge in [0.2, 0.25) is 5.91 Å². The molecule has 1 N–H and O–H groups in total. The molecule has 156 valence electrons. The smallest absolute Gasteiger partial charge is 0.325 e. The Morgan fingerprint density at radius 3 is 2.50 bits per heavy atom. The van der Waals surface area contributed by atoms with Crippen LogP contribution in [0.2, 0.25) is 0 Å².